The summed E-state index contributed by atoms with van der Waals surface area (Å²) >= 11 is 1.75. The van der Waals surface area contributed by atoms with E-state index in [1.807, 2.05) is 0 Å². The molecule has 0 aromatic heterocycles. The summed E-state index contributed by atoms with van der Waals surface area (Å²) in [4.78, 5) is 2.16. The van der Waals surface area contributed by atoms with Crippen molar-refractivity contribution in [2.45, 2.75) is 38.6 Å². The zero-order valence-electron chi connectivity index (χ0n) is 11.7. The maximum absolute atomic E-state index is 12.1. The summed E-state index contributed by atoms with van der Waals surface area (Å²) in [7, 11) is -2.97. The van der Waals surface area contributed by atoms with Crippen molar-refractivity contribution in [1.82, 2.24) is 10.2 Å². The van der Waals surface area contributed by atoms with Gasteiger partial charge in [0, 0.05) is 36.4 Å². The van der Waals surface area contributed by atoms with Gasteiger partial charge < -0.3 is 5.32 Å². The molecular weight excluding hydrogens is 268 g/mol. The second-order valence-electron chi connectivity index (χ2n) is 4.77. The van der Waals surface area contributed by atoms with E-state index < -0.39 is 9.84 Å². The highest BCUT2D eigenvalue weighted by Crippen LogP contribution is 2.23. The predicted octanol–water partition coefficient (Wildman–Crippen LogP) is 1.18. The number of nitrogens with zero attached hydrogens (tertiary/aromatic N) is 1. The van der Waals surface area contributed by atoms with Crippen molar-refractivity contribution in [3.8, 4) is 0 Å². The summed E-state index contributed by atoms with van der Waals surface area (Å²) in [5.74, 6) is 1.99. The highest BCUT2D eigenvalue weighted by molar-refractivity contribution is 8.01. The lowest BCUT2D eigenvalue weighted by molar-refractivity contribution is 0.200. The third kappa shape index (κ3) is 4.40. The predicted molar refractivity (Wildman–Crippen MR) is 79.9 cm³/mol. The normalized spacial score (nSPS) is 24.1. The van der Waals surface area contributed by atoms with Gasteiger partial charge in [-0.1, -0.05) is 13.8 Å². The van der Waals surface area contributed by atoms with E-state index in [1.54, 1.807) is 18.7 Å². The van der Waals surface area contributed by atoms with Gasteiger partial charge in [-0.25, -0.2) is 8.42 Å². The molecule has 18 heavy (non-hydrogen) atoms. The molecule has 2 atom stereocenters. The molecule has 1 aliphatic rings. The third-order valence-corrected chi connectivity index (χ3v) is 6.68. The number of sulfone groups is 1. The van der Waals surface area contributed by atoms with Crippen molar-refractivity contribution in [3.63, 3.8) is 0 Å². The van der Waals surface area contributed by atoms with E-state index in [0.717, 1.165) is 31.8 Å². The zero-order valence-corrected chi connectivity index (χ0v) is 13.3. The molecule has 0 amide bonds. The minimum Gasteiger partial charge on any atom is -0.315 e. The average molecular weight is 294 g/mol. The highest BCUT2D eigenvalue weighted by atomic mass is 32.2. The molecule has 108 valence electrons. The van der Waals surface area contributed by atoms with Crippen LogP contribution >= 0.6 is 11.8 Å². The van der Waals surface area contributed by atoms with E-state index in [0.29, 0.717) is 5.75 Å². The fourth-order valence-corrected chi connectivity index (χ4v) is 5.33. The van der Waals surface area contributed by atoms with Crippen molar-refractivity contribution >= 4 is 21.6 Å². The van der Waals surface area contributed by atoms with Gasteiger partial charge in [-0.15, -0.1) is 0 Å². The number of hydrogen-bond acceptors (Lipinski definition) is 5. The van der Waals surface area contributed by atoms with Gasteiger partial charge in [-0.3, -0.25) is 4.90 Å². The Hall–Kier alpha value is 0.220. The van der Waals surface area contributed by atoms with Crippen LogP contribution in [0.4, 0.5) is 0 Å². The third-order valence-electron chi connectivity index (χ3n) is 3.37. The standard InChI is InChI=1S/C12H26N2O2S2/c1-4-6-13-9-11(3)14-7-8-17-10-12(14)18(15,16)5-2/h11-13H,4-10H2,1-3H3. The number of hydrogen-bond donors (Lipinski definition) is 1. The van der Waals surface area contributed by atoms with Crippen molar-refractivity contribution in [2.75, 3.05) is 36.9 Å². The Morgan fingerprint density at radius 2 is 2.17 bits per heavy atom. The van der Waals surface area contributed by atoms with Crippen LogP contribution in [-0.2, 0) is 9.84 Å². The largest absolute Gasteiger partial charge is 0.315 e. The van der Waals surface area contributed by atoms with Crippen molar-refractivity contribution in [3.05, 3.63) is 0 Å². The molecule has 0 radical (unpaired) electrons. The molecule has 1 heterocycles. The molecule has 1 aliphatic heterocycles. The molecule has 1 saturated heterocycles. The fraction of sp³-hybridized carbons (Fsp3) is 1.00. The first-order valence-electron chi connectivity index (χ1n) is 6.78. The minimum atomic E-state index is -2.97. The fourth-order valence-electron chi connectivity index (χ4n) is 2.21. The van der Waals surface area contributed by atoms with Crippen LogP contribution in [0.25, 0.3) is 0 Å². The van der Waals surface area contributed by atoms with Crippen molar-refractivity contribution in [1.29, 1.82) is 0 Å². The number of thioether (sulfide) groups is 1. The number of rotatable bonds is 7. The van der Waals surface area contributed by atoms with Crippen LogP contribution in [0.15, 0.2) is 0 Å². The van der Waals surface area contributed by atoms with E-state index in [-0.39, 0.29) is 17.2 Å². The highest BCUT2D eigenvalue weighted by Gasteiger charge is 2.35. The van der Waals surface area contributed by atoms with E-state index in [9.17, 15) is 8.42 Å². The molecule has 0 aromatic carbocycles. The summed E-state index contributed by atoms with van der Waals surface area (Å²) in [5.41, 5.74) is 0. The first-order valence-corrected chi connectivity index (χ1v) is 9.65. The maximum Gasteiger partial charge on any atom is 0.166 e. The molecule has 0 bridgehead atoms. The Morgan fingerprint density at radius 3 is 2.78 bits per heavy atom. The van der Waals surface area contributed by atoms with E-state index in [2.05, 4.69) is 24.1 Å². The van der Waals surface area contributed by atoms with Crippen LogP contribution in [0, 0.1) is 0 Å². The Balaban J connectivity index is 2.64. The van der Waals surface area contributed by atoms with Crippen LogP contribution < -0.4 is 5.32 Å². The lowest BCUT2D eigenvalue weighted by Gasteiger charge is -2.39. The lowest BCUT2D eigenvalue weighted by atomic mass is 10.2. The Morgan fingerprint density at radius 1 is 1.44 bits per heavy atom. The van der Waals surface area contributed by atoms with Crippen LogP contribution in [-0.4, -0.2) is 61.6 Å². The van der Waals surface area contributed by atoms with Crippen molar-refractivity contribution < 1.29 is 8.42 Å². The van der Waals surface area contributed by atoms with Gasteiger partial charge in [0.1, 0.15) is 5.37 Å². The molecule has 1 rings (SSSR count). The Bertz CT molecular complexity index is 333. The van der Waals surface area contributed by atoms with Crippen LogP contribution in [0.3, 0.4) is 0 Å². The van der Waals surface area contributed by atoms with Crippen LogP contribution in [0.1, 0.15) is 27.2 Å². The van der Waals surface area contributed by atoms with Gasteiger partial charge in [-0.05, 0) is 19.9 Å². The Labute approximate surface area is 116 Å². The first-order chi connectivity index (χ1) is 8.53. The van der Waals surface area contributed by atoms with Gasteiger partial charge in [-0.2, -0.15) is 11.8 Å². The summed E-state index contributed by atoms with van der Waals surface area (Å²) in [6.45, 7) is 8.75. The summed E-state index contributed by atoms with van der Waals surface area (Å²) in [6.07, 6.45) is 1.11. The molecule has 0 saturated carbocycles. The maximum atomic E-state index is 12.1. The van der Waals surface area contributed by atoms with E-state index in [4.69, 9.17) is 0 Å². The van der Waals surface area contributed by atoms with E-state index >= 15 is 0 Å². The lowest BCUT2D eigenvalue weighted by Crippen LogP contribution is -2.54. The molecule has 0 aromatic rings. The molecule has 1 N–H and O–H groups in total. The Kier molecular flexibility index (Phi) is 6.98. The quantitative estimate of drug-likeness (QED) is 0.715. The topological polar surface area (TPSA) is 49.4 Å². The zero-order chi connectivity index (χ0) is 13.6. The minimum absolute atomic E-state index is 0.240. The second kappa shape index (κ2) is 7.72. The van der Waals surface area contributed by atoms with Crippen LogP contribution in [0.5, 0.6) is 0 Å². The van der Waals surface area contributed by atoms with Gasteiger partial charge in [0.15, 0.2) is 9.84 Å². The van der Waals surface area contributed by atoms with Crippen molar-refractivity contribution in [2.24, 2.45) is 0 Å². The van der Waals surface area contributed by atoms with Gasteiger partial charge in [0.2, 0.25) is 0 Å². The van der Waals surface area contributed by atoms with Gasteiger partial charge in [0.05, 0.1) is 0 Å². The molecule has 0 spiro atoms. The average Bonchev–Trinajstić information content (AvgIpc) is 2.39. The van der Waals surface area contributed by atoms with Gasteiger partial charge in [0.25, 0.3) is 0 Å². The summed E-state index contributed by atoms with van der Waals surface area (Å²) in [6, 6.07) is 0.281. The van der Waals surface area contributed by atoms with Crippen LogP contribution in [0.2, 0.25) is 0 Å². The molecule has 4 nitrogen and oxygen atoms in total. The molecular formula is C12H26N2O2S2. The first kappa shape index (κ1) is 16.3. The second-order valence-corrected chi connectivity index (χ2v) is 8.37. The van der Waals surface area contributed by atoms with Gasteiger partial charge >= 0.3 is 0 Å². The summed E-state index contributed by atoms with van der Waals surface area (Å²) in [5, 5.41) is 3.09. The monoisotopic (exact) mass is 294 g/mol. The summed E-state index contributed by atoms with van der Waals surface area (Å²) < 4.78 is 24.2. The molecule has 0 aliphatic carbocycles. The smallest absolute Gasteiger partial charge is 0.166 e. The SMILES string of the molecule is CCCNCC(C)N1CCSCC1S(=O)(=O)CC. The molecule has 2 unspecified atom stereocenters. The number of nitrogens with one attached hydrogen (secondary N) is 1. The van der Waals surface area contributed by atoms with E-state index in [1.165, 1.54) is 0 Å². The molecule has 6 heteroatoms. The molecule has 1 fully saturated rings.